The number of fused-ring (bicyclic) bond motifs is 3. The molecule has 0 bridgehead atoms. The first-order valence-electron chi connectivity index (χ1n) is 15.5. The minimum atomic E-state index is -0.389. The molecule has 0 aliphatic carbocycles. The van der Waals surface area contributed by atoms with Crippen molar-refractivity contribution >= 4 is 48.1 Å². The van der Waals surface area contributed by atoms with Gasteiger partial charge in [0.2, 0.25) is 0 Å². The van der Waals surface area contributed by atoms with Gasteiger partial charge in [-0.2, -0.15) is 0 Å². The standard InChI is InChI=1S/C35H37N3O7Se/c1-43-32-21-25(20-30-33-27(16-18-36(30)35(40)44-2)26-12-6-7-13-28(26)37(32)33)24(22-45-34(39)23-10-4-3-5-11-23)17-19-46-31-15-9-8-14-29(31)38(41)42/h3-15,24-25,30,32H,16-22H2,1-2H3/t24-,25-,30+,32+/m1/s1. The molecule has 1 amide bonds. The molecule has 1 aromatic heterocycles. The number of hydrogen-bond acceptors (Lipinski definition) is 7. The van der Waals surface area contributed by atoms with E-state index in [9.17, 15) is 19.7 Å². The van der Waals surface area contributed by atoms with Gasteiger partial charge in [-0.3, -0.25) is 0 Å². The van der Waals surface area contributed by atoms with Crippen molar-refractivity contribution in [3.63, 3.8) is 0 Å². The van der Waals surface area contributed by atoms with Crippen LogP contribution in [-0.2, 0) is 20.6 Å². The molecule has 4 aromatic rings. The van der Waals surface area contributed by atoms with E-state index in [1.165, 1.54) is 18.1 Å². The molecule has 0 unspecified atom stereocenters. The first-order chi connectivity index (χ1) is 22.4. The average molecular weight is 691 g/mol. The molecule has 0 saturated carbocycles. The van der Waals surface area contributed by atoms with Crippen LogP contribution >= 0.6 is 0 Å². The fraction of sp³-hybridized carbons (Fsp3) is 0.371. The van der Waals surface area contributed by atoms with Crippen LogP contribution in [0.5, 0.6) is 0 Å². The summed E-state index contributed by atoms with van der Waals surface area (Å²) in [6, 6.07) is 23.9. The third kappa shape index (κ3) is 6.27. The van der Waals surface area contributed by atoms with Gasteiger partial charge in [-0.05, 0) is 0 Å². The van der Waals surface area contributed by atoms with Crippen LogP contribution in [0.25, 0.3) is 10.9 Å². The number of benzene rings is 3. The van der Waals surface area contributed by atoms with Crippen molar-refractivity contribution in [1.29, 1.82) is 0 Å². The van der Waals surface area contributed by atoms with Gasteiger partial charge in [-0.15, -0.1) is 0 Å². The third-order valence-electron chi connectivity index (χ3n) is 9.26. The summed E-state index contributed by atoms with van der Waals surface area (Å²) in [5.74, 6) is -0.451. The number of carbonyl (C=O) groups excluding carboxylic acids is 2. The molecule has 240 valence electrons. The second-order valence-electron chi connectivity index (χ2n) is 11.7. The third-order valence-corrected chi connectivity index (χ3v) is 11.6. The number of nitrogens with zero attached hydrogens (tertiary/aromatic N) is 3. The first kappa shape index (κ1) is 31.8. The van der Waals surface area contributed by atoms with Crippen molar-refractivity contribution in [2.75, 3.05) is 27.4 Å². The zero-order valence-electron chi connectivity index (χ0n) is 25.9. The van der Waals surface area contributed by atoms with Gasteiger partial charge >= 0.3 is 275 Å². The average Bonchev–Trinajstić information content (AvgIpc) is 3.32. The van der Waals surface area contributed by atoms with Crippen molar-refractivity contribution in [3.8, 4) is 0 Å². The number of amides is 1. The van der Waals surface area contributed by atoms with Gasteiger partial charge in [-0.25, -0.2) is 0 Å². The van der Waals surface area contributed by atoms with E-state index in [1.54, 1.807) is 43.5 Å². The fourth-order valence-corrected chi connectivity index (χ4v) is 9.40. The van der Waals surface area contributed by atoms with Crippen molar-refractivity contribution in [2.45, 2.75) is 43.3 Å². The van der Waals surface area contributed by atoms with Gasteiger partial charge in [0.1, 0.15) is 0 Å². The van der Waals surface area contributed by atoms with Crippen molar-refractivity contribution in [1.82, 2.24) is 9.47 Å². The van der Waals surface area contributed by atoms with Gasteiger partial charge in [0.15, 0.2) is 0 Å². The molecule has 2 aliphatic heterocycles. The summed E-state index contributed by atoms with van der Waals surface area (Å²) >= 11 is -0.158. The molecule has 46 heavy (non-hydrogen) atoms. The van der Waals surface area contributed by atoms with Crippen LogP contribution < -0.4 is 4.46 Å². The fourth-order valence-electron chi connectivity index (χ4n) is 7.08. The Morgan fingerprint density at radius 3 is 2.50 bits per heavy atom. The van der Waals surface area contributed by atoms with Crippen molar-refractivity contribution < 1.29 is 28.7 Å². The zero-order valence-corrected chi connectivity index (χ0v) is 27.6. The summed E-state index contributed by atoms with van der Waals surface area (Å²) in [7, 11) is 3.13. The number of ether oxygens (including phenoxy) is 3. The Labute approximate surface area is 273 Å². The number of nitro groups is 1. The Balaban J connectivity index is 1.34. The van der Waals surface area contributed by atoms with Gasteiger partial charge in [-0.1, -0.05) is 0 Å². The molecular formula is C35H37N3O7Se. The number of esters is 1. The Morgan fingerprint density at radius 2 is 1.74 bits per heavy atom. The van der Waals surface area contributed by atoms with E-state index in [4.69, 9.17) is 14.2 Å². The van der Waals surface area contributed by atoms with Gasteiger partial charge in [0.25, 0.3) is 0 Å². The molecular weight excluding hydrogens is 653 g/mol. The van der Waals surface area contributed by atoms with Crippen molar-refractivity contribution in [3.05, 3.63) is 106 Å². The number of para-hydroxylation sites is 2. The Bertz CT molecular complexity index is 1730. The molecule has 11 heteroatoms. The first-order valence-corrected chi connectivity index (χ1v) is 17.6. The van der Waals surface area contributed by atoms with Crippen LogP contribution in [-0.4, -0.2) is 68.8 Å². The Morgan fingerprint density at radius 1 is 1.00 bits per heavy atom. The zero-order chi connectivity index (χ0) is 32.2. The number of rotatable bonds is 10. The molecule has 0 saturated heterocycles. The van der Waals surface area contributed by atoms with E-state index < -0.39 is 0 Å². The van der Waals surface area contributed by atoms with Crippen LogP contribution in [0.15, 0.2) is 78.9 Å². The second-order valence-corrected chi connectivity index (χ2v) is 14.1. The van der Waals surface area contributed by atoms with E-state index >= 15 is 0 Å². The summed E-state index contributed by atoms with van der Waals surface area (Å²) in [6.45, 7) is 0.729. The summed E-state index contributed by atoms with van der Waals surface area (Å²) in [5, 5.41) is 13.6. The molecule has 3 aromatic carbocycles. The van der Waals surface area contributed by atoms with Gasteiger partial charge in [0, 0.05) is 0 Å². The molecule has 6 rings (SSSR count). The summed E-state index contributed by atoms with van der Waals surface area (Å²) in [4.78, 5) is 39.4. The SMILES string of the molecule is COC(=O)N1CCc2c3n(c4ccccc24)[C@@H](OC)C[C@H]([C@H](CC[Se]c2ccccc2[N+](=O)[O-])COC(=O)c2ccccc2)C[C@@H]31. The molecule has 0 N–H and O–H groups in total. The normalized spacial score (nSPS) is 19.6. The molecule has 0 fully saturated rings. The van der Waals surface area contributed by atoms with Crippen molar-refractivity contribution in [2.24, 2.45) is 11.8 Å². The molecule has 0 radical (unpaired) electrons. The molecule has 2 aliphatic rings. The Hall–Kier alpha value is -4.18. The van der Waals surface area contributed by atoms with E-state index in [2.05, 4.69) is 16.7 Å². The van der Waals surface area contributed by atoms with Crippen LogP contribution in [0.3, 0.4) is 0 Å². The molecule has 3 heterocycles. The topological polar surface area (TPSA) is 113 Å². The van der Waals surface area contributed by atoms with Gasteiger partial charge < -0.3 is 0 Å². The van der Waals surface area contributed by atoms with Gasteiger partial charge in [0.05, 0.1) is 0 Å². The van der Waals surface area contributed by atoms with Crippen LogP contribution in [0.4, 0.5) is 10.5 Å². The molecule has 0 spiro atoms. The van der Waals surface area contributed by atoms with E-state index in [1.807, 2.05) is 35.2 Å². The maximum atomic E-state index is 13.2. The predicted molar refractivity (Wildman–Crippen MR) is 174 cm³/mol. The second kappa shape index (κ2) is 14.1. The van der Waals surface area contributed by atoms with E-state index in [0.29, 0.717) is 37.8 Å². The number of aromatic nitrogens is 1. The number of nitro benzene ring substituents is 1. The van der Waals surface area contributed by atoms with E-state index in [0.717, 1.165) is 21.0 Å². The van der Waals surface area contributed by atoms with Crippen LogP contribution in [0.2, 0.25) is 5.32 Å². The quantitative estimate of drug-likeness (QED) is 0.0858. The maximum absolute atomic E-state index is 13.2. The predicted octanol–water partition coefficient (Wildman–Crippen LogP) is 6.08. The molecule has 10 nitrogen and oxygen atoms in total. The monoisotopic (exact) mass is 691 g/mol. The van der Waals surface area contributed by atoms with Crippen LogP contribution in [0, 0.1) is 22.0 Å². The number of hydrogen-bond donors (Lipinski definition) is 0. The minimum absolute atomic E-state index is 0.0110. The molecule has 4 atom stereocenters. The van der Waals surface area contributed by atoms with E-state index in [-0.39, 0.29) is 68.3 Å². The summed E-state index contributed by atoms with van der Waals surface area (Å²) < 4.78 is 20.4. The Kier molecular flexibility index (Phi) is 9.72. The number of methoxy groups -OCH3 is 2. The summed E-state index contributed by atoms with van der Waals surface area (Å²) in [5.41, 5.74) is 4.01. The summed E-state index contributed by atoms with van der Waals surface area (Å²) in [6.07, 6.45) is 2.04. The van der Waals surface area contributed by atoms with Crippen LogP contribution in [0.1, 0.15) is 53.1 Å². The number of carbonyl (C=O) groups is 2.